The molecule has 11 heteroatoms. The Morgan fingerprint density at radius 2 is 1.47 bits per heavy atom. The highest BCUT2D eigenvalue weighted by Crippen LogP contribution is 2.35. The molecule has 0 radical (unpaired) electrons. The van der Waals surface area contributed by atoms with Crippen molar-refractivity contribution in [3.63, 3.8) is 0 Å². The maximum atomic E-state index is 14.0. The van der Waals surface area contributed by atoms with Gasteiger partial charge < -0.3 is 15.8 Å². The zero-order chi connectivity index (χ0) is 26.5. The van der Waals surface area contributed by atoms with Crippen LogP contribution in [0, 0.1) is 5.82 Å². The maximum Gasteiger partial charge on any atom is 0.573 e. The second-order valence-electron chi connectivity index (χ2n) is 7.90. The van der Waals surface area contributed by atoms with Crippen molar-refractivity contribution in [2.45, 2.75) is 30.9 Å². The Kier molecular flexibility index (Phi) is 8.24. The largest absolute Gasteiger partial charge is 0.573 e. The zero-order valence-corrected chi connectivity index (χ0v) is 18.5. The zero-order valence-electron chi connectivity index (χ0n) is 18.5. The van der Waals surface area contributed by atoms with E-state index in [1.807, 2.05) is 0 Å². The lowest BCUT2D eigenvalue weighted by molar-refractivity contribution is -0.275. The molecule has 0 aliphatic heterocycles. The van der Waals surface area contributed by atoms with Crippen LogP contribution in [0.3, 0.4) is 0 Å². The molecular formula is C25H21F7N2O2. The van der Waals surface area contributed by atoms with Gasteiger partial charge in [0.05, 0.1) is 5.56 Å². The Morgan fingerprint density at radius 1 is 0.861 bits per heavy atom. The SMILES string of the molecule is NC(=O)[C@@H](NCC[C@H](c1ccc(C(F)(F)F)cc1)c1ccc(F)c(OC(F)(F)F)c1)c1ccccc1. The quantitative estimate of drug-likeness (QED) is 0.340. The molecule has 4 nitrogen and oxygen atoms in total. The Bertz CT molecular complexity index is 1160. The minimum absolute atomic E-state index is 0.0982. The van der Waals surface area contributed by atoms with Gasteiger partial charge in [-0.15, -0.1) is 13.2 Å². The van der Waals surface area contributed by atoms with Crippen molar-refractivity contribution in [3.05, 3.63) is 101 Å². The number of hydrogen-bond donors (Lipinski definition) is 2. The summed E-state index contributed by atoms with van der Waals surface area (Å²) in [6, 6.07) is 14.6. The molecule has 0 unspecified atom stereocenters. The van der Waals surface area contributed by atoms with Gasteiger partial charge in [0, 0.05) is 5.92 Å². The summed E-state index contributed by atoms with van der Waals surface area (Å²) in [6.45, 7) is 0.0982. The lowest BCUT2D eigenvalue weighted by Crippen LogP contribution is -2.34. The molecule has 0 saturated heterocycles. The fourth-order valence-corrected chi connectivity index (χ4v) is 3.77. The molecule has 3 N–H and O–H groups in total. The summed E-state index contributed by atoms with van der Waals surface area (Å²) in [5.41, 5.74) is 5.68. The van der Waals surface area contributed by atoms with Gasteiger partial charge in [0.25, 0.3) is 0 Å². The summed E-state index contributed by atoms with van der Waals surface area (Å²) in [4.78, 5) is 12.0. The van der Waals surface area contributed by atoms with E-state index in [1.54, 1.807) is 30.3 Å². The summed E-state index contributed by atoms with van der Waals surface area (Å²) < 4.78 is 94.9. The molecule has 0 aliphatic carbocycles. The number of benzene rings is 3. The fraction of sp³-hybridized carbons (Fsp3) is 0.240. The number of nitrogens with one attached hydrogen (secondary N) is 1. The summed E-state index contributed by atoms with van der Waals surface area (Å²) in [6.07, 6.45) is -9.60. The first-order valence-electron chi connectivity index (χ1n) is 10.6. The van der Waals surface area contributed by atoms with Crippen molar-refractivity contribution in [2.24, 2.45) is 5.73 Å². The fourth-order valence-electron chi connectivity index (χ4n) is 3.77. The monoisotopic (exact) mass is 514 g/mol. The topological polar surface area (TPSA) is 64.4 Å². The molecule has 0 saturated carbocycles. The third kappa shape index (κ3) is 7.20. The molecule has 192 valence electrons. The number of hydrogen-bond acceptors (Lipinski definition) is 3. The Hall–Kier alpha value is -3.60. The maximum absolute atomic E-state index is 14.0. The summed E-state index contributed by atoms with van der Waals surface area (Å²) in [5.74, 6) is -3.75. The van der Waals surface area contributed by atoms with Crippen LogP contribution in [0.4, 0.5) is 30.7 Å². The normalized spacial score (nSPS) is 13.8. The van der Waals surface area contributed by atoms with Crippen LogP contribution in [0.15, 0.2) is 72.8 Å². The van der Waals surface area contributed by atoms with Gasteiger partial charge in [-0.05, 0) is 53.9 Å². The molecule has 3 aromatic carbocycles. The van der Waals surface area contributed by atoms with Gasteiger partial charge in [-0.3, -0.25) is 4.79 Å². The van der Waals surface area contributed by atoms with Crippen LogP contribution in [-0.2, 0) is 11.0 Å². The molecular weight excluding hydrogens is 493 g/mol. The van der Waals surface area contributed by atoms with E-state index in [4.69, 9.17) is 5.73 Å². The number of primary amides is 1. The minimum atomic E-state index is -5.14. The van der Waals surface area contributed by atoms with Gasteiger partial charge in [0.1, 0.15) is 6.04 Å². The van der Waals surface area contributed by atoms with E-state index >= 15 is 0 Å². The van der Waals surface area contributed by atoms with Crippen LogP contribution in [-0.4, -0.2) is 18.8 Å². The van der Waals surface area contributed by atoms with Gasteiger partial charge in [-0.1, -0.05) is 48.5 Å². The third-order valence-corrected chi connectivity index (χ3v) is 5.42. The first-order valence-corrected chi connectivity index (χ1v) is 10.6. The van der Waals surface area contributed by atoms with Gasteiger partial charge in [0.15, 0.2) is 11.6 Å². The van der Waals surface area contributed by atoms with Crippen LogP contribution < -0.4 is 15.8 Å². The highest BCUT2D eigenvalue weighted by molar-refractivity contribution is 5.81. The second-order valence-corrected chi connectivity index (χ2v) is 7.90. The van der Waals surface area contributed by atoms with Gasteiger partial charge >= 0.3 is 12.5 Å². The molecule has 2 atom stereocenters. The number of amides is 1. The molecule has 0 spiro atoms. The Balaban J connectivity index is 1.91. The van der Waals surface area contributed by atoms with E-state index in [9.17, 15) is 35.5 Å². The lowest BCUT2D eigenvalue weighted by atomic mass is 9.87. The minimum Gasteiger partial charge on any atom is -0.403 e. The van der Waals surface area contributed by atoms with Crippen molar-refractivity contribution in [1.82, 2.24) is 5.32 Å². The molecule has 0 aliphatic rings. The van der Waals surface area contributed by atoms with Crippen LogP contribution >= 0.6 is 0 Å². The average Bonchev–Trinajstić information content (AvgIpc) is 2.80. The van der Waals surface area contributed by atoms with Gasteiger partial charge in [-0.25, -0.2) is 4.39 Å². The predicted octanol–water partition coefficient (Wildman–Crippen LogP) is 6.08. The average molecular weight is 514 g/mol. The number of halogens is 7. The first kappa shape index (κ1) is 27.0. The molecule has 0 bridgehead atoms. The van der Waals surface area contributed by atoms with E-state index in [1.165, 1.54) is 18.2 Å². The number of carbonyl (C=O) groups is 1. The number of alkyl halides is 6. The molecule has 3 rings (SSSR count). The Labute approximate surface area is 201 Å². The van der Waals surface area contributed by atoms with E-state index < -0.39 is 47.5 Å². The standard InChI is InChI=1S/C25H21F7N2O2/c26-20-11-8-17(14-21(20)36-25(30,31)32)19(15-6-9-18(10-7-15)24(27,28)29)12-13-34-22(23(33)35)16-4-2-1-3-5-16/h1-11,14,19,22,34H,12-13H2,(H2,33,35)/t19-,22+/m1/s1. The van der Waals surface area contributed by atoms with E-state index in [2.05, 4.69) is 10.1 Å². The van der Waals surface area contributed by atoms with Crippen LogP contribution in [0.2, 0.25) is 0 Å². The highest BCUT2D eigenvalue weighted by Gasteiger charge is 2.33. The van der Waals surface area contributed by atoms with Gasteiger partial charge in [-0.2, -0.15) is 13.2 Å². The van der Waals surface area contributed by atoms with E-state index in [-0.39, 0.29) is 18.5 Å². The summed E-state index contributed by atoms with van der Waals surface area (Å²) in [7, 11) is 0. The second kappa shape index (κ2) is 11.0. The van der Waals surface area contributed by atoms with E-state index in [0.717, 1.165) is 24.3 Å². The Morgan fingerprint density at radius 3 is 2.03 bits per heavy atom. The number of nitrogens with two attached hydrogens (primary N) is 1. The molecule has 0 aromatic heterocycles. The lowest BCUT2D eigenvalue weighted by Gasteiger charge is -2.22. The summed E-state index contributed by atoms with van der Waals surface area (Å²) >= 11 is 0. The van der Waals surface area contributed by atoms with Gasteiger partial charge in [0.2, 0.25) is 5.91 Å². The predicted molar refractivity (Wildman–Crippen MR) is 117 cm³/mol. The van der Waals surface area contributed by atoms with Crippen molar-refractivity contribution in [2.75, 3.05) is 6.54 Å². The van der Waals surface area contributed by atoms with Crippen molar-refractivity contribution in [1.29, 1.82) is 0 Å². The van der Waals surface area contributed by atoms with Crippen molar-refractivity contribution in [3.8, 4) is 5.75 Å². The van der Waals surface area contributed by atoms with Crippen LogP contribution in [0.5, 0.6) is 5.75 Å². The van der Waals surface area contributed by atoms with Crippen LogP contribution in [0.1, 0.15) is 40.6 Å². The van der Waals surface area contributed by atoms with Crippen LogP contribution in [0.25, 0.3) is 0 Å². The summed E-state index contributed by atoms with van der Waals surface area (Å²) in [5, 5.41) is 2.97. The van der Waals surface area contributed by atoms with Crippen molar-refractivity contribution >= 4 is 5.91 Å². The molecule has 1 amide bonds. The number of rotatable bonds is 9. The van der Waals surface area contributed by atoms with E-state index in [0.29, 0.717) is 11.1 Å². The third-order valence-electron chi connectivity index (χ3n) is 5.42. The van der Waals surface area contributed by atoms with Crippen molar-refractivity contribution < 1.29 is 40.3 Å². The smallest absolute Gasteiger partial charge is 0.403 e. The molecule has 0 heterocycles. The number of ether oxygens (including phenoxy) is 1. The highest BCUT2D eigenvalue weighted by atomic mass is 19.4. The molecule has 0 fully saturated rings. The molecule has 36 heavy (non-hydrogen) atoms. The number of carbonyl (C=O) groups excluding carboxylic acids is 1. The molecule has 3 aromatic rings. The first-order chi connectivity index (χ1) is 16.8.